The number of hydrogen-bond donors (Lipinski definition) is 2. The minimum absolute atomic E-state index is 0.279. The standard InChI is InChI=1S/C11H11FN4/c12-9-3-1-8(2-4-9)11(16-13)10-7-14-5-6-15-10/h1-7,11,16H,13H2. The van der Waals surface area contributed by atoms with Gasteiger partial charge in [0.25, 0.3) is 0 Å². The summed E-state index contributed by atoms with van der Waals surface area (Å²) in [6.45, 7) is 0. The van der Waals surface area contributed by atoms with Gasteiger partial charge in [0.2, 0.25) is 0 Å². The van der Waals surface area contributed by atoms with Gasteiger partial charge in [-0.05, 0) is 17.7 Å². The van der Waals surface area contributed by atoms with Gasteiger partial charge in [-0.25, -0.2) is 9.82 Å². The maximum atomic E-state index is 12.8. The zero-order valence-corrected chi connectivity index (χ0v) is 8.47. The molecule has 2 aromatic rings. The van der Waals surface area contributed by atoms with Gasteiger partial charge in [0.15, 0.2) is 0 Å². The molecule has 1 heterocycles. The van der Waals surface area contributed by atoms with E-state index in [1.807, 2.05) is 0 Å². The summed E-state index contributed by atoms with van der Waals surface area (Å²) in [5.41, 5.74) is 4.16. The molecule has 0 saturated heterocycles. The highest BCUT2D eigenvalue weighted by atomic mass is 19.1. The van der Waals surface area contributed by atoms with Crippen LogP contribution in [0.1, 0.15) is 17.3 Å². The molecule has 2 rings (SSSR count). The van der Waals surface area contributed by atoms with Gasteiger partial charge in [0.05, 0.1) is 17.9 Å². The SMILES string of the molecule is NNC(c1ccc(F)cc1)c1cnccn1. The lowest BCUT2D eigenvalue weighted by molar-refractivity contribution is 0.606. The predicted molar refractivity (Wildman–Crippen MR) is 57.6 cm³/mol. The topological polar surface area (TPSA) is 63.8 Å². The van der Waals surface area contributed by atoms with Crippen LogP contribution in [0.2, 0.25) is 0 Å². The van der Waals surface area contributed by atoms with Crippen molar-refractivity contribution in [2.24, 2.45) is 5.84 Å². The van der Waals surface area contributed by atoms with Crippen LogP contribution in [-0.4, -0.2) is 9.97 Å². The third-order valence-corrected chi connectivity index (χ3v) is 2.25. The molecule has 1 atom stereocenters. The minimum atomic E-state index is -0.283. The quantitative estimate of drug-likeness (QED) is 0.599. The smallest absolute Gasteiger partial charge is 0.123 e. The summed E-state index contributed by atoms with van der Waals surface area (Å²) in [6, 6.07) is 5.81. The average molecular weight is 218 g/mol. The second kappa shape index (κ2) is 4.78. The predicted octanol–water partition coefficient (Wildman–Crippen LogP) is 1.17. The van der Waals surface area contributed by atoms with E-state index in [0.717, 1.165) is 5.56 Å². The number of aromatic nitrogens is 2. The van der Waals surface area contributed by atoms with Crippen LogP contribution < -0.4 is 11.3 Å². The highest BCUT2D eigenvalue weighted by Crippen LogP contribution is 2.18. The number of nitrogens with one attached hydrogen (secondary N) is 1. The molecule has 0 bridgehead atoms. The molecular weight excluding hydrogens is 207 g/mol. The first kappa shape index (κ1) is 10.7. The zero-order valence-electron chi connectivity index (χ0n) is 8.47. The lowest BCUT2D eigenvalue weighted by Crippen LogP contribution is -2.29. The number of nitrogens with zero attached hydrogens (tertiary/aromatic N) is 2. The molecule has 0 aliphatic heterocycles. The Balaban J connectivity index is 2.33. The van der Waals surface area contributed by atoms with Crippen molar-refractivity contribution in [2.45, 2.75) is 6.04 Å². The average Bonchev–Trinajstić information content (AvgIpc) is 2.34. The van der Waals surface area contributed by atoms with Crippen molar-refractivity contribution in [2.75, 3.05) is 0 Å². The first-order valence-electron chi connectivity index (χ1n) is 4.79. The van der Waals surface area contributed by atoms with Gasteiger partial charge >= 0.3 is 0 Å². The Hall–Kier alpha value is -1.85. The zero-order chi connectivity index (χ0) is 11.4. The van der Waals surface area contributed by atoms with Gasteiger partial charge in [-0.1, -0.05) is 12.1 Å². The third kappa shape index (κ3) is 2.21. The van der Waals surface area contributed by atoms with Gasteiger partial charge in [0, 0.05) is 12.4 Å². The highest BCUT2D eigenvalue weighted by Gasteiger charge is 2.13. The third-order valence-electron chi connectivity index (χ3n) is 2.25. The first-order valence-corrected chi connectivity index (χ1v) is 4.79. The molecule has 16 heavy (non-hydrogen) atoms. The fourth-order valence-electron chi connectivity index (χ4n) is 1.47. The van der Waals surface area contributed by atoms with E-state index in [1.165, 1.54) is 12.1 Å². The monoisotopic (exact) mass is 218 g/mol. The Morgan fingerprint density at radius 2 is 1.94 bits per heavy atom. The summed E-state index contributed by atoms with van der Waals surface area (Å²) in [7, 11) is 0. The van der Waals surface area contributed by atoms with Crippen molar-refractivity contribution < 1.29 is 4.39 Å². The van der Waals surface area contributed by atoms with Crippen molar-refractivity contribution >= 4 is 0 Å². The van der Waals surface area contributed by atoms with E-state index in [1.54, 1.807) is 30.7 Å². The fourth-order valence-corrected chi connectivity index (χ4v) is 1.47. The van der Waals surface area contributed by atoms with Gasteiger partial charge in [-0.2, -0.15) is 0 Å². The molecule has 4 nitrogen and oxygen atoms in total. The maximum Gasteiger partial charge on any atom is 0.123 e. The van der Waals surface area contributed by atoms with E-state index in [4.69, 9.17) is 5.84 Å². The normalized spacial score (nSPS) is 12.4. The second-order valence-electron chi connectivity index (χ2n) is 3.28. The largest absolute Gasteiger partial charge is 0.271 e. The number of rotatable bonds is 3. The summed E-state index contributed by atoms with van der Waals surface area (Å²) in [5, 5.41) is 0. The van der Waals surface area contributed by atoms with Gasteiger partial charge < -0.3 is 0 Å². The fraction of sp³-hybridized carbons (Fsp3) is 0.0909. The lowest BCUT2D eigenvalue weighted by atomic mass is 10.0. The number of nitrogens with two attached hydrogens (primary N) is 1. The van der Waals surface area contributed by atoms with E-state index in [0.29, 0.717) is 5.69 Å². The molecule has 0 saturated carbocycles. The number of hydrazine groups is 1. The Morgan fingerprint density at radius 3 is 2.50 bits per heavy atom. The van der Waals surface area contributed by atoms with Crippen LogP contribution in [0.4, 0.5) is 4.39 Å². The molecule has 0 aliphatic carbocycles. The van der Waals surface area contributed by atoms with E-state index >= 15 is 0 Å². The Bertz CT molecular complexity index is 443. The molecule has 5 heteroatoms. The van der Waals surface area contributed by atoms with Crippen molar-refractivity contribution in [3.8, 4) is 0 Å². The molecule has 3 N–H and O–H groups in total. The summed E-state index contributed by atoms with van der Waals surface area (Å²) in [5.74, 6) is 5.18. The lowest BCUT2D eigenvalue weighted by Gasteiger charge is -2.14. The highest BCUT2D eigenvalue weighted by molar-refractivity contribution is 5.26. The molecule has 0 amide bonds. The van der Waals surface area contributed by atoms with Crippen molar-refractivity contribution in [3.63, 3.8) is 0 Å². The summed E-state index contributed by atoms with van der Waals surface area (Å²) in [6.07, 6.45) is 4.79. The first-order chi connectivity index (χ1) is 7.81. The van der Waals surface area contributed by atoms with E-state index < -0.39 is 0 Å². The van der Waals surface area contributed by atoms with Gasteiger partial charge in [0.1, 0.15) is 5.82 Å². The number of halogens is 1. The van der Waals surface area contributed by atoms with Crippen LogP contribution in [0.3, 0.4) is 0 Å². The molecule has 1 aromatic heterocycles. The number of hydrogen-bond acceptors (Lipinski definition) is 4. The molecule has 82 valence electrons. The Morgan fingerprint density at radius 1 is 1.19 bits per heavy atom. The van der Waals surface area contributed by atoms with Crippen LogP contribution in [0.5, 0.6) is 0 Å². The summed E-state index contributed by atoms with van der Waals surface area (Å²) < 4.78 is 12.8. The van der Waals surface area contributed by atoms with Crippen LogP contribution in [-0.2, 0) is 0 Å². The van der Waals surface area contributed by atoms with E-state index in [-0.39, 0.29) is 11.9 Å². The number of benzene rings is 1. The van der Waals surface area contributed by atoms with Crippen LogP contribution in [0, 0.1) is 5.82 Å². The molecule has 1 aromatic carbocycles. The Kier molecular flexibility index (Phi) is 3.19. The maximum absolute atomic E-state index is 12.8. The molecule has 0 fully saturated rings. The van der Waals surface area contributed by atoms with E-state index in [2.05, 4.69) is 15.4 Å². The molecular formula is C11H11FN4. The van der Waals surface area contributed by atoms with Crippen LogP contribution in [0.15, 0.2) is 42.9 Å². The second-order valence-corrected chi connectivity index (χ2v) is 3.28. The summed E-state index contributed by atoms with van der Waals surface area (Å²) in [4.78, 5) is 8.11. The minimum Gasteiger partial charge on any atom is -0.271 e. The molecule has 0 aliphatic rings. The van der Waals surface area contributed by atoms with Crippen molar-refractivity contribution in [3.05, 3.63) is 59.9 Å². The van der Waals surface area contributed by atoms with Gasteiger partial charge in [-0.15, -0.1) is 0 Å². The Labute approximate surface area is 92.3 Å². The van der Waals surface area contributed by atoms with E-state index in [9.17, 15) is 4.39 Å². The summed E-state index contributed by atoms with van der Waals surface area (Å²) >= 11 is 0. The molecule has 0 radical (unpaired) electrons. The van der Waals surface area contributed by atoms with Gasteiger partial charge in [-0.3, -0.25) is 15.8 Å². The van der Waals surface area contributed by atoms with Crippen LogP contribution >= 0.6 is 0 Å². The molecule has 1 unspecified atom stereocenters. The molecule has 0 spiro atoms. The van der Waals surface area contributed by atoms with Crippen molar-refractivity contribution in [1.82, 2.24) is 15.4 Å². The van der Waals surface area contributed by atoms with Crippen LogP contribution in [0.25, 0.3) is 0 Å². The van der Waals surface area contributed by atoms with Crippen molar-refractivity contribution in [1.29, 1.82) is 0 Å².